The number of alkyl halides is 1. The van der Waals surface area contributed by atoms with Crippen molar-refractivity contribution in [1.82, 2.24) is 14.9 Å². The Morgan fingerprint density at radius 2 is 2.23 bits per heavy atom. The Morgan fingerprint density at radius 3 is 2.92 bits per heavy atom. The van der Waals surface area contributed by atoms with Crippen LogP contribution in [0.25, 0.3) is 0 Å². The van der Waals surface area contributed by atoms with Crippen LogP contribution in [0, 0.1) is 5.92 Å². The van der Waals surface area contributed by atoms with Gasteiger partial charge < -0.3 is 19.4 Å². The molecule has 2 saturated heterocycles. The minimum Gasteiger partial charge on any atom is -0.381 e. The van der Waals surface area contributed by atoms with Gasteiger partial charge in [0, 0.05) is 46.9 Å². The van der Waals surface area contributed by atoms with Crippen molar-refractivity contribution >= 4 is 17.7 Å². The van der Waals surface area contributed by atoms with Crippen molar-refractivity contribution in [2.75, 3.05) is 57.2 Å². The van der Waals surface area contributed by atoms with Gasteiger partial charge in [0.15, 0.2) is 0 Å². The highest BCUT2D eigenvalue weighted by Crippen LogP contribution is 2.27. The minimum absolute atomic E-state index is 0.0795. The number of amides is 1. The third-order valence-electron chi connectivity index (χ3n) is 5.06. The second kappa shape index (κ2) is 8.16. The van der Waals surface area contributed by atoms with Crippen molar-refractivity contribution in [3.63, 3.8) is 0 Å². The number of rotatable bonds is 5. The zero-order chi connectivity index (χ0) is 18.7. The van der Waals surface area contributed by atoms with E-state index in [9.17, 15) is 9.18 Å². The van der Waals surface area contributed by atoms with E-state index < -0.39 is 6.17 Å². The lowest BCUT2D eigenvalue weighted by Crippen LogP contribution is -2.45. The molecule has 0 unspecified atom stereocenters. The van der Waals surface area contributed by atoms with Gasteiger partial charge in [-0.3, -0.25) is 4.79 Å². The van der Waals surface area contributed by atoms with Gasteiger partial charge in [-0.25, -0.2) is 9.37 Å². The largest absolute Gasteiger partial charge is 0.381 e. The van der Waals surface area contributed by atoms with Gasteiger partial charge in [0.1, 0.15) is 12.0 Å². The maximum Gasteiger partial charge on any atom is 0.227 e. The molecule has 7 nitrogen and oxygen atoms in total. The molecule has 2 aliphatic rings. The van der Waals surface area contributed by atoms with Crippen LogP contribution in [0.15, 0.2) is 12.3 Å². The van der Waals surface area contributed by atoms with E-state index in [1.807, 2.05) is 23.9 Å². The molecule has 1 aromatic rings. The van der Waals surface area contributed by atoms with E-state index in [2.05, 4.69) is 9.97 Å². The third-order valence-corrected chi connectivity index (χ3v) is 5.06. The lowest BCUT2D eigenvalue weighted by molar-refractivity contribution is -0.138. The average molecular weight is 365 g/mol. The van der Waals surface area contributed by atoms with E-state index >= 15 is 0 Å². The normalized spacial score (nSPS) is 26.0. The van der Waals surface area contributed by atoms with Gasteiger partial charge in [-0.1, -0.05) is 0 Å². The number of hydrogen-bond donors (Lipinski definition) is 0. The quantitative estimate of drug-likeness (QED) is 0.785. The Bertz CT molecular complexity index is 623. The molecular formula is C18H28FN5O2. The molecule has 3 heterocycles. The summed E-state index contributed by atoms with van der Waals surface area (Å²) in [5.41, 5.74) is 0. The summed E-state index contributed by atoms with van der Waals surface area (Å²) in [4.78, 5) is 26.9. The summed E-state index contributed by atoms with van der Waals surface area (Å²) in [5, 5.41) is 0. The second-order valence-corrected chi connectivity index (χ2v) is 7.38. The summed E-state index contributed by atoms with van der Waals surface area (Å²) in [6.07, 6.45) is 2.95. The van der Waals surface area contributed by atoms with Crippen molar-refractivity contribution in [1.29, 1.82) is 0 Å². The lowest BCUT2D eigenvalue weighted by atomic mass is 10.0. The van der Waals surface area contributed by atoms with Crippen LogP contribution in [0.2, 0.25) is 0 Å². The van der Waals surface area contributed by atoms with Crippen molar-refractivity contribution in [3.8, 4) is 0 Å². The molecule has 3 rings (SSSR count). The number of halogens is 1. The Balaban J connectivity index is 1.69. The molecular weight excluding hydrogens is 337 g/mol. The van der Waals surface area contributed by atoms with Crippen molar-refractivity contribution < 1.29 is 13.9 Å². The topological polar surface area (TPSA) is 61.8 Å². The number of nitrogens with zero attached hydrogens (tertiary/aromatic N) is 5. The molecule has 0 aliphatic carbocycles. The number of hydrogen-bond acceptors (Lipinski definition) is 6. The fraction of sp³-hybridized carbons (Fsp3) is 0.722. The molecule has 2 fully saturated rings. The molecule has 0 saturated carbocycles. The van der Waals surface area contributed by atoms with Gasteiger partial charge in [0.25, 0.3) is 0 Å². The Morgan fingerprint density at radius 1 is 1.42 bits per heavy atom. The summed E-state index contributed by atoms with van der Waals surface area (Å²) in [7, 11) is 5.54. The van der Waals surface area contributed by atoms with Gasteiger partial charge in [-0.05, 0) is 18.9 Å². The van der Waals surface area contributed by atoms with Crippen LogP contribution in [0.4, 0.5) is 16.2 Å². The highest BCUT2D eigenvalue weighted by molar-refractivity contribution is 5.78. The molecule has 26 heavy (non-hydrogen) atoms. The molecule has 0 aromatic carbocycles. The first-order valence-electron chi connectivity index (χ1n) is 9.19. The van der Waals surface area contributed by atoms with E-state index in [1.54, 1.807) is 24.2 Å². The SMILES string of the molecule is CN(C[C@@H]1C[C@H](F)CN1c1ccnc(N(C)C)n1)C(=O)[C@H]1CCCOC1. The molecule has 0 bridgehead atoms. The highest BCUT2D eigenvalue weighted by atomic mass is 19.1. The summed E-state index contributed by atoms with van der Waals surface area (Å²) in [6.45, 7) is 2.00. The molecule has 0 N–H and O–H groups in total. The van der Waals surface area contributed by atoms with Crippen molar-refractivity contribution in [3.05, 3.63) is 12.3 Å². The number of anilines is 2. The van der Waals surface area contributed by atoms with Gasteiger partial charge >= 0.3 is 0 Å². The molecule has 3 atom stereocenters. The van der Waals surface area contributed by atoms with E-state index in [0.29, 0.717) is 37.9 Å². The minimum atomic E-state index is -0.917. The van der Waals surface area contributed by atoms with E-state index in [0.717, 1.165) is 19.4 Å². The van der Waals surface area contributed by atoms with Crippen molar-refractivity contribution in [2.24, 2.45) is 5.92 Å². The Hall–Kier alpha value is -1.96. The van der Waals surface area contributed by atoms with Crippen LogP contribution >= 0.6 is 0 Å². The summed E-state index contributed by atoms with van der Waals surface area (Å²) in [6, 6.07) is 1.71. The molecule has 144 valence electrons. The molecule has 2 aliphatic heterocycles. The second-order valence-electron chi connectivity index (χ2n) is 7.38. The van der Waals surface area contributed by atoms with Gasteiger partial charge in [0.2, 0.25) is 11.9 Å². The number of ether oxygens (including phenoxy) is 1. The number of aromatic nitrogens is 2. The van der Waals surface area contributed by atoms with E-state index in [-0.39, 0.29) is 17.9 Å². The van der Waals surface area contributed by atoms with Gasteiger partial charge in [-0.2, -0.15) is 4.98 Å². The lowest BCUT2D eigenvalue weighted by Gasteiger charge is -2.32. The zero-order valence-electron chi connectivity index (χ0n) is 15.8. The van der Waals surface area contributed by atoms with Gasteiger partial charge in [-0.15, -0.1) is 0 Å². The first kappa shape index (κ1) is 18.8. The summed E-state index contributed by atoms with van der Waals surface area (Å²) < 4.78 is 19.6. The van der Waals surface area contributed by atoms with Crippen molar-refractivity contribution in [2.45, 2.75) is 31.5 Å². The predicted octanol–water partition coefficient (Wildman–Crippen LogP) is 1.34. The third kappa shape index (κ3) is 4.23. The smallest absolute Gasteiger partial charge is 0.227 e. The van der Waals surface area contributed by atoms with Crippen LogP contribution in [-0.2, 0) is 9.53 Å². The number of carbonyl (C=O) groups is 1. The fourth-order valence-electron chi connectivity index (χ4n) is 3.68. The molecule has 0 radical (unpaired) electrons. The maximum atomic E-state index is 14.2. The highest BCUT2D eigenvalue weighted by Gasteiger charge is 2.35. The van der Waals surface area contributed by atoms with Crippen LogP contribution in [-0.4, -0.2) is 80.4 Å². The number of carbonyl (C=O) groups excluding carboxylic acids is 1. The molecule has 1 aromatic heterocycles. The van der Waals surface area contributed by atoms with E-state index in [1.165, 1.54) is 0 Å². The molecule has 8 heteroatoms. The average Bonchev–Trinajstić information content (AvgIpc) is 3.02. The van der Waals surface area contributed by atoms with Crippen LogP contribution < -0.4 is 9.80 Å². The standard InChI is InChI=1S/C18H28FN5O2/c1-22(2)18-20-7-6-16(21-18)24-10-14(19)9-15(24)11-23(3)17(25)13-5-4-8-26-12-13/h6-7,13-15H,4-5,8-12H2,1-3H3/t13-,14-,15-/m0/s1. The molecule has 1 amide bonds. The zero-order valence-corrected chi connectivity index (χ0v) is 15.8. The maximum absolute atomic E-state index is 14.2. The van der Waals surface area contributed by atoms with Crippen LogP contribution in [0.1, 0.15) is 19.3 Å². The summed E-state index contributed by atoms with van der Waals surface area (Å²) >= 11 is 0. The molecule has 0 spiro atoms. The van der Waals surface area contributed by atoms with Crippen LogP contribution in [0.5, 0.6) is 0 Å². The predicted molar refractivity (Wildman–Crippen MR) is 98.2 cm³/mol. The fourth-order valence-corrected chi connectivity index (χ4v) is 3.68. The Kier molecular flexibility index (Phi) is 5.90. The summed E-state index contributed by atoms with van der Waals surface area (Å²) in [5.74, 6) is 1.30. The van der Waals surface area contributed by atoms with Gasteiger partial charge in [0.05, 0.1) is 25.1 Å². The first-order chi connectivity index (χ1) is 12.5. The monoisotopic (exact) mass is 365 g/mol. The first-order valence-corrected chi connectivity index (χ1v) is 9.19. The number of likely N-dealkylation sites (N-methyl/N-ethyl adjacent to an activating group) is 1. The van der Waals surface area contributed by atoms with E-state index in [4.69, 9.17) is 4.74 Å². The van der Waals surface area contributed by atoms with Crippen LogP contribution in [0.3, 0.4) is 0 Å². The Labute approximate surface area is 154 Å².